The predicted molar refractivity (Wildman–Crippen MR) is 80.9 cm³/mol. The van der Waals surface area contributed by atoms with Crippen LogP contribution in [0.25, 0.3) is 0 Å². The summed E-state index contributed by atoms with van der Waals surface area (Å²) in [4.78, 5) is 0. The Kier molecular flexibility index (Phi) is 3.65. The molecule has 0 aromatic heterocycles. The van der Waals surface area contributed by atoms with E-state index in [1.165, 1.54) is 11.1 Å². The summed E-state index contributed by atoms with van der Waals surface area (Å²) in [5, 5.41) is 0. The van der Waals surface area contributed by atoms with Gasteiger partial charge in [0.2, 0.25) is 0 Å². The molecule has 0 aliphatic carbocycles. The van der Waals surface area contributed by atoms with Crippen LogP contribution < -0.4 is 10.5 Å². The van der Waals surface area contributed by atoms with Crippen LogP contribution in [0.15, 0.2) is 18.2 Å². The van der Waals surface area contributed by atoms with E-state index in [9.17, 15) is 0 Å². The van der Waals surface area contributed by atoms with Crippen LogP contribution in [0.1, 0.15) is 64.5 Å². The van der Waals surface area contributed by atoms with Gasteiger partial charge < -0.3 is 10.5 Å². The lowest BCUT2D eigenvalue weighted by molar-refractivity contribution is 0.0533. The van der Waals surface area contributed by atoms with Crippen molar-refractivity contribution in [1.82, 2.24) is 0 Å². The summed E-state index contributed by atoms with van der Waals surface area (Å²) in [5.74, 6) is 1.56. The molecule has 1 aromatic rings. The standard InChI is InChI=1S/C17H27NO/c1-12(8-9-18)13-6-7-15-14(10-13)16(2,3)11-17(4,5)19-15/h6-7,10,12H,8-9,11,18H2,1-5H3. The van der Waals surface area contributed by atoms with Crippen LogP contribution in [-0.4, -0.2) is 12.1 Å². The fraction of sp³-hybridized carbons (Fsp3) is 0.647. The second kappa shape index (κ2) is 4.82. The van der Waals surface area contributed by atoms with E-state index < -0.39 is 0 Å². The fourth-order valence-corrected chi connectivity index (χ4v) is 3.38. The third-order valence-electron chi connectivity index (χ3n) is 4.16. The topological polar surface area (TPSA) is 35.2 Å². The van der Waals surface area contributed by atoms with E-state index in [1.54, 1.807) is 0 Å². The highest BCUT2D eigenvalue weighted by Gasteiger charge is 2.38. The molecule has 2 heteroatoms. The van der Waals surface area contributed by atoms with Gasteiger partial charge in [0.25, 0.3) is 0 Å². The molecule has 1 unspecified atom stereocenters. The van der Waals surface area contributed by atoms with E-state index in [-0.39, 0.29) is 11.0 Å². The van der Waals surface area contributed by atoms with Crippen LogP contribution in [0.4, 0.5) is 0 Å². The minimum atomic E-state index is -0.0824. The lowest BCUT2D eigenvalue weighted by Gasteiger charge is -2.42. The Balaban J connectivity index is 2.40. The zero-order chi connectivity index (χ0) is 14.3. The molecular weight excluding hydrogens is 234 g/mol. The van der Waals surface area contributed by atoms with Crippen molar-refractivity contribution in [2.75, 3.05) is 6.54 Å². The quantitative estimate of drug-likeness (QED) is 0.893. The molecule has 0 saturated heterocycles. The van der Waals surface area contributed by atoms with Crippen LogP contribution in [0.5, 0.6) is 5.75 Å². The van der Waals surface area contributed by atoms with E-state index >= 15 is 0 Å². The van der Waals surface area contributed by atoms with Gasteiger partial charge in [-0.15, -0.1) is 0 Å². The third-order valence-corrected chi connectivity index (χ3v) is 4.16. The molecule has 1 atom stereocenters. The minimum Gasteiger partial charge on any atom is -0.488 e. The molecule has 19 heavy (non-hydrogen) atoms. The Morgan fingerprint density at radius 2 is 1.95 bits per heavy atom. The third kappa shape index (κ3) is 2.94. The first kappa shape index (κ1) is 14.4. The first-order valence-corrected chi connectivity index (χ1v) is 7.29. The molecule has 0 spiro atoms. The van der Waals surface area contributed by atoms with Crippen LogP contribution in [0.2, 0.25) is 0 Å². The van der Waals surface area contributed by atoms with Crippen molar-refractivity contribution in [3.63, 3.8) is 0 Å². The van der Waals surface area contributed by atoms with E-state index in [0.29, 0.717) is 5.92 Å². The van der Waals surface area contributed by atoms with Crippen molar-refractivity contribution in [2.45, 2.75) is 64.4 Å². The molecule has 0 saturated carbocycles. The van der Waals surface area contributed by atoms with Crippen molar-refractivity contribution >= 4 is 0 Å². The van der Waals surface area contributed by atoms with Crippen LogP contribution >= 0.6 is 0 Å². The Morgan fingerprint density at radius 3 is 2.58 bits per heavy atom. The van der Waals surface area contributed by atoms with Crippen LogP contribution in [-0.2, 0) is 5.41 Å². The maximum Gasteiger partial charge on any atom is 0.123 e. The van der Waals surface area contributed by atoms with Gasteiger partial charge in [-0.05, 0) is 56.2 Å². The summed E-state index contributed by atoms with van der Waals surface area (Å²) in [6.45, 7) is 12.0. The van der Waals surface area contributed by atoms with E-state index in [1.807, 2.05) is 0 Å². The van der Waals surface area contributed by atoms with Gasteiger partial charge in [0.1, 0.15) is 11.4 Å². The van der Waals surface area contributed by atoms with Gasteiger partial charge in [-0.3, -0.25) is 0 Å². The Bertz CT molecular complexity index is 462. The molecule has 1 heterocycles. The normalized spacial score (nSPS) is 21.4. The number of ether oxygens (including phenoxy) is 1. The van der Waals surface area contributed by atoms with Gasteiger partial charge in [0.05, 0.1) is 0 Å². The summed E-state index contributed by atoms with van der Waals surface area (Å²) >= 11 is 0. The van der Waals surface area contributed by atoms with Gasteiger partial charge in [-0.25, -0.2) is 0 Å². The molecule has 0 amide bonds. The second-order valence-corrected chi connectivity index (χ2v) is 7.16. The van der Waals surface area contributed by atoms with E-state index in [0.717, 1.165) is 25.1 Å². The SMILES string of the molecule is CC(CCN)c1ccc2c(c1)C(C)(C)CC(C)(C)O2. The summed E-state index contributed by atoms with van der Waals surface area (Å²) in [6, 6.07) is 6.65. The zero-order valence-electron chi connectivity index (χ0n) is 12.9. The molecule has 1 aliphatic heterocycles. The lowest BCUT2D eigenvalue weighted by atomic mass is 9.73. The highest BCUT2D eigenvalue weighted by Crippen LogP contribution is 2.45. The average Bonchev–Trinajstić information content (AvgIpc) is 2.26. The van der Waals surface area contributed by atoms with Crippen molar-refractivity contribution in [3.8, 4) is 5.75 Å². The Labute approximate surface area is 117 Å². The minimum absolute atomic E-state index is 0.0824. The fourth-order valence-electron chi connectivity index (χ4n) is 3.38. The number of hydrogen-bond donors (Lipinski definition) is 1. The van der Waals surface area contributed by atoms with Crippen LogP contribution in [0, 0.1) is 0 Å². The van der Waals surface area contributed by atoms with Crippen molar-refractivity contribution in [1.29, 1.82) is 0 Å². The number of benzene rings is 1. The monoisotopic (exact) mass is 261 g/mol. The van der Waals surface area contributed by atoms with Crippen LogP contribution in [0.3, 0.4) is 0 Å². The molecule has 106 valence electrons. The van der Waals surface area contributed by atoms with Gasteiger partial charge in [0, 0.05) is 5.56 Å². The maximum absolute atomic E-state index is 6.12. The van der Waals surface area contributed by atoms with Crippen molar-refractivity contribution in [2.24, 2.45) is 5.73 Å². The molecule has 0 bridgehead atoms. The van der Waals surface area contributed by atoms with Gasteiger partial charge in [0.15, 0.2) is 0 Å². The molecular formula is C17H27NO. The summed E-state index contributed by atoms with van der Waals surface area (Å²) in [5.41, 5.74) is 8.46. The number of nitrogens with two attached hydrogens (primary N) is 1. The van der Waals surface area contributed by atoms with E-state index in [2.05, 4.69) is 52.8 Å². The highest BCUT2D eigenvalue weighted by atomic mass is 16.5. The number of fused-ring (bicyclic) bond motifs is 1. The first-order valence-electron chi connectivity index (χ1n) is 7.29. The smallest absolute Gasteiger partial charge is 0.123 e. The second-order valence-electron chi connectivity index (χ2n) is 7.16. The number of hydrogen-bond acceptors (Lipinski definition) is 2. The molecule has 0 fully saturated rings. The average molecular weight is 261 g/mol. The summed E-state index contributed by atoms with van der Waals surface area (Å²) < 4.78 is 6.12. The van der Waals surface area contributed by atoms with Gasteiger partial charge in [-0.2, -0.15) is 0 Å². The largest absolute Gasteiger partial charge is 0.488 e. The molecule has 2 nitrogen and oxygen atoms in total. The van der Waals surface area contributed by atoms with Gasteiger partial charge in [-0.1, -0.05) is 32.9 Å². The summed E-state index contributed by atoms with van der Waals surface area (Å²) in [6.07, 6.45) is 2.08. The van der Waals surface area contributed by atoms with Gasteiger partial charge >= 0.3 is 0 Å². The predicted octanol–water partition coefficient (Wildman–Crippen LogP) is 3.98. The molecule has 1 aliphatic rings. The Hall–Kier alpha value is -1.02. The summed E-state index contributed by atoms with van der Waals surface area (Å²) in [7, 11) is 0. The molecule has 1 aromatic carbocycles. The highest BCUT2D eigenvalue weighted by molar-refractivity contribution is 5.45. The Morgan fingerprint density at radius 1 is 1.26 bits per heavy atom. The zero-order valence-corrected chi connectivity index (χ0v) is 12.9. The maximum atomic E-state index is 6.12. The number of rotatable bonds is 3. The van der Waals surface area contributed by atoms with Crippen molar-refractivity contribution in [3.05, 3.63) is 29.3 Å². The first-order chi connectivity index (χ1) is 8.75. The molecule has 0 radical (unpaired) electrons. The lowest BCUT2D eigenvalue weighted by Crippen LogP contribution is -2.41. The van der Waals surface area contributed by atoms with E-state index in [4.69, 9.17) is 10.5 Å². The molecule has 2 rings (SSSR count). The van der Waals surface area contributed by atoms with Crippen molar-refractivity contribution < 1.29 is 4.74 Å². The molecule has 2 N–H and O–H groups in total.